The number of fused-ring (bicyclic) bond motifs is 1. The molecule has 1 aliphatic rings. The van der Waals surface area contributed by atoms with E-state index in [2.05, 4.69) is 44.2 Å². The highest BCUT2D eigenvalue weighted by Gasteiger charge is 2.20. The van der Waals surface area contributed by atoms with Crippen LogP contribution in [0.4, 0.5) is 5.95 Å². The molecule has 5 nitrogen and oxygen atoms in total. The number of rotatable bonds is 4. The Morgan fingerprint density at radius 2 is 1.96 bits per heavy atom. The van der Waals surface area contributed by atoms with Gasteiger partial charge in [0.1, 0.15) is 0 Å². The molecule has 0 spiro atoms. The molecule has 23 heavy (non-hydrogen) atoms. The van der Waals surface area contributed by atoms with E-state index in [9.17, 15) is 0 Å². The molecule has 1 N–H and O–H groups in total. The van der Waals surface area contributed by atoms with E-state index in [1.807, 2.05) is 12.1 Å². The predicted molar refractivity (Wildman–Crippen MR) is 95.1 cm³/mol. The van der Waals surface area contributed by atoms with Crippen LogP contribution in [0.25, 0.3) is 11.0 Å². The van der Waals surface area contributed by atoms with Crippen molar-refractivity contribution < 1.29 is 0 Å². The summed E-state index contributed by atoms with van der Waals surface area (Å²) in [5.41, 5.74) is 3.36. The highest BCUT2D eigenvalue weighted by atomic mass is 32.1. The van der Waals surface area contributed by atoms with Crippen molar-refractivity contribution in [2.45, 2.75) is 19.9 Å². The van der Waals surface area contributed by atoms with E-state index in [4.69, 9.17) is 4.98 Å². The number of hydrogen-bond donors (Lipinski definition) is 1. The van der Waals surface area contributed by atoms with Gasteiger partial charge in [0.25, 0.3) is 0 Å². The van der Waals surface area contributed by atoms with Gasteiger partial charge in [0.2, 0.25) is 5.95 Å². The van der Waals surface area contributed by atoms with E-state index in [0.29, 0.717) is 0 Å². The van der Waals surface area contributed by atoms with E-state index in [1.54, 1.807) is 11.3 Å². The minimum Gasteiger partial charge on any atom is -0.340 e. The second-order valence-electron chi connectivity index (χ2n) is 5.93. The lowest BCUT2D eigenvalue weighted by Crippen LogP contribution is -2.46. The van der Waals surface area contributed by atoms with Crippen LogP contribution >= 0.6 is 11.3 Å². The predicted octanol–water partition coefficient (Wildman–Crippen LogP) is 2.90. The zero-order valence-corrected chi connectivity index (χ0v) is 14.1. The van der Waals surface area contributed by atoms with Gasteiger partial charge in [-0.3, -0.25) is 4.90 Å². The summed E-state index contributed by atoms with van der Waals surface area (Å²) in [6, 6.07) is 8.21. The SMILES string of the molecule is CCc1nc(CN2CCN(c3nc4ccccc4[nH]3)CC2)cs1. The first-order chi connectivity index (χ1) is 11.3. The van der Waals surface area contributed by atoms with Gasteiger partial charge < -0.3 is 9.88 Å². The number of benzene rings is 1. The quantitative estimate of drug-likeness (QED) is 0.800. The molecule has 3 heterocycles. The fraction of sp³-hybridized carbons (Fsp3) is 0.412. The standard InChI is InChI=1S/C17H21N5S/c1-2-16-18-13(12-23-16)11-21-7-9-22(10-8-21)17-19-14-5-3-4-6-15(14)20-17/h3-6,12H,2,7-11H2,1H3,(H,19,20). The Balaban J connectivity index is 1.38. The Morgan fingerprint density at radius 1 is 1.13 bits per heavy atom. The number of nitrogens with one attached hydrogen (secondary N) is 1. The van der Waals surface area contributed by atoms with E-state index in [-0.39, 0.29) is 0 Å². The molecule has 0 unspecified atom stereocenters. The van der Waals surface area contributed by atoms with Gasteiger partial charge in [-0.25, -0.2) is 9.97 Å². The highest BCUT2D eigenvalue weighted by Crippen LogP contribution is 2.19. The molecule has 1 aromatic carbocycles. The van der Waals surface area contributed by atoms with Gasteiger partial charge in [0, 0.05) is 38.1 Å². The Bertz CT molecular complexity index is 752. The van der Waals surface area contributed by atoms with Gasteiger partial charge in [-0.15, -0.1) is 11.3 Å². The van der Waals surface area contributed by atoms with Crippen LogP contribution in [0.5, 0.6) is 0 Å². The lowest BCUT2D eigenvalue weighted by Gasteiger charge is -2.34. The molecular formula is C17H21N5S. The van der Waals surface area contributed by atoms with Crippen LogP contribution < -0.4 is 4.90 Å². The molecule has 0 amide bonds. The maximum atomic E-state index is 4.70. The van der Waals surface area contributed by atoms with E-state index < -0.39 is 0 Å². The molecule has 6 heteroatoms. The number of hydrogen-bond acceptors (Lipinski definition) is 5. The van der Waals surface area contributed by atoms with Gasteiger partial charge in [-0.2, -0.15) is 0 Å². The third-order valence-electron chi connectivity index (χ3n) is 4.34. The smallest absolute Gasteiger partial charge is 0.203 e. The average molecular weight is 327 g/mol. The fourth-order valence-electron chi connectivity index (χ4n) is 3.02. The van der Waals surface area contributed by atoms with Crippen molar-refractivity contribution in [3.05, 3.63) is 40.3 Å². The zero-order chi connectivity index (χ0) is 15.6. The molecule has 0 saturated carbocycles. The van der Waals surface area contributed by atoms with Crippen molar-refractivity contribution in [3.63, 3.8) is 0 Å². The van der Waals surface area contributed by atoms with Crippen LogP contribution in [-0.4, -0.2) is 46.0 Å². The summed E-state index contributed by atoms with van der Waals surface area (Å²) in [5.74, 6) is 0.993. The molecule has 0 atom stereocenters. The molecule has 2 aromatic heterocycles. The minimum atomic E-state index is 0.963. The summed E-state index contributed by atoms with van der Waals surface area (Å²) >= 11 is 1.77. The summed E-state index contributed by atoms with van der Waals surface area (Å²) in [5, 5.41) is 3.44. The number of aryl methyl sites for hydroxylation is 1. The second-order valence-corrected chi connectivity index (χ2v) is 6.87. The number of aromatic amines is 1. The Labute approximate surface area is 140 Å². The molecule has 4 rings (SSSR count). The maximum absolute atomic E-state index is 4.70. The van der Waals surface area contributed by atoms with E-state index >= 15 is 0 Å². The molecular weight excluding hydrogens is 306 g/mol. The van der Waals surface area contributed by atoms with Gasteiger partial charge in [0.05, 0.1) is 21.7 Å². The van der Waals surface area contributed by atoms with Crippen LogP contribution in [0.2, 0.25) is 0 Å². The number of nitrogens with zero attached hydrogens (tertiary/aromatic N) is 4. The molecule has 120 valence electrons. The second kappa shape index (κ2) is 6.29. The topological polar surface area (TPSA) is 48.1 Å². The fourth-order valence-corrected chi connectivity index (χ4v) is 3.76. The summed E-state index contributed by atoms with van der Waals surface area (Å²) in [6.07, 6.45) is 1.03. The molecule has 3 aromatic rings. The summed E-state index contributed by atoms with van der Waals surface area (Å²) in [4.78, 5) is 17.6. The van der Waals surface area contributed by atoms with Crippen LogP contribution in [0, 0.1) is 0 Å². The maximum Gasteiger partial charge on any atom is 0.203 e. The van der Waals surface area contributed by atoms with E-state index in [1.165, 1.54) is 10.7 Å². The summed E-state index contributed by atoms with van der Waals surface area (Å²) in [6.45, 7) is 7.24. The lowest BCUT2D eigenvalue weighted by atomic mass is 10.3. The van der Waals surface area contributed by atoms with E-state index in [0.717, 1.165) is 56.1 Å². The third kappa shape index (κ3) is 3.09. The molecule has 0 radical (unpaired) electrons. The van der Waals surface area contributed by atoms with Crippen molar-refractivity contribution in [1.29, 1.82) is 0 Å². The Kier molecular flexibility index (Phi) is 4.01. The monoisotopic (exact) mass is 327 g/mol. The Hall–Kier alpha value is -1.92. The first-order valence-electron chi connectivity index (χ1n) is 8.17. The minimum absolute atomic E-state index is 0.963. The summed E-state index contributed by atoms with van der Waals surface area (Å²) in [7, 11) is 0. The van der Waals surface area contributed by atoms with Gasteiger partial charge in [-0.05, 0) is 18.6 Å². The molecule has 1 saturated heterocycles. The van der Waals surface area contributed by atoms with Gasteiger partial charge in [-0.1, -0.05) is 19.1 Å². The number of H-pyrrole nitrogens is 1. The third-order valence-corrected chi connectivity index (χ3v) is 5.38. The van der Waals surface area contributed by atoms with Crippen LogP contribution in [0.3, 0.4) is 0 Å². The Morgan fingerprint density at radius 3 is 2.70 bits per heavy atom. The normalized spacial score (nSPS) is 16.3. The number of piperazine rings is 1. The highest BCUT2D eigenvalue weighted by molar-refractivity contribution is 7.09. The van der Waals surface area contributed by atoms with Crippen molar-refractivity contribution in [3.8, 4) is 0 Å². The molecule has 1 fully saturated rings. The molecule has 1 aliphatic heterocycles. The lowest BCUT2D eigenvalue weighted by molar-refractivity contribution is 0.246. The van der Waals surface area contributed by atoms with Crippen molar-refractivity contribution in [1.82, 2.24) is 19.9 Å². The summed E-state index contributed by atoms with van der Waals surface area (Å²) < 4.78 is 0. The number of anilines is 1. The number of thiazole rings is 1. The van der Waals surface area contributed by atoms with Crippen molar-refractivity contribution in [2.75, 3.05) is 31.1 Å². The van der Waals surface area contributed by atoms with Gasteiger partial charge >= 0.3 is 0 Å². The van der Waals surface area contributed by atoms with Crippen LogP contribution in [0.15, 0.2) is 29.6 Å². The largest absolute Gasteiger partial charge is 0.340 e. The van der Waals surface area contributed by atoms with Gasteiger partial charge in [0.15, 0.2) is 0 Å². The molecule has 0 bridgehead atoms. The first kappa shape index (κ1) is 14.7. The number of aromatic nitrogens is 3. The molecule has 0 aliphatic carbocycles. The number of para-hydroxylation sites is 2. The average Bonchev–Trinajstić information content (AvgIpc) is 3.21. The number of imidazole rings is 1. The van der Waals surface area contributed by atoms with Crippen LogP contribution in [-0.2, 0) is 13.0 Å². The zero-order valence-electron chi connectivity index (χ0n) is 13.3. The van der Waals surface area contributed by atoms with Crippen molar-refractivity contribution >= 4 is 28.3 Å². The van der Waals surface area contributed by atoms with Crippen molar-refractivity contribution in [2.24, 2.45) is 0 Å². The first-order valence-corrected chi connectivity index (χ1v) is 9.05. The van der Waals surface area contributed by atoms with Crippen LogP contribution in [0.1, 0.15) is 17.6 Å².